The first kappa shape index (κ1) is 21.6. The molecule has 2 aliphatic heterocycles. The molecule has 156 valence electrons. The number of rotatable bonds is 4. The maximum absolute atomic E-state index is 13.7. The van der Waals surface area contributed by atoms with Crippen LogP contribution < -0.4 is 5.73 Å². The van der Waals surface area contributed by atoms with Gasteiger partial charge in [-0.1, -0.05) is 0 Å². The molecular formula is C17H24FN3O7. The number of carbonyl (C=O) groups excluding carboxylic acids is 4. The summed E-state index contributed by atoms with van der Waals surface area (Å²) < 4.78 is 18.8. The Morgan fingerprint density at radius 3 is 2.32 bits per heavy atom. The lowest BCUT2D eigenvalue weighted by atomic mass is 10.0. The highest BCUT2D eigenvalue weighted by molar-refractivity contribution is 6.03. The third-order valence-electron chi connectivity index (χ3n) is 4.59. The topological polar surface area (TPSA) is 147 Å². The maximum atomic E-state index is 13.7. The van der Waals surface area contributed by atoms with E-state index in [1.807, 2.05) is 0 Å². The smallest absolute Gasteiger partial charge is 0.414 e. The zero-order valence-electron chi connectivity index (χ0n) is 15.9. The molecule has 2 aliphatic rings. The molecular weight excluding hydrogens is 377 g/mol. The molecule has 11 heteroatoms. The molecule has 2 saturated heterocycles. The molecule has 0 aromatic heterocycles. The molecule has 4 amide bonds. The Morgan fingerprint density at radius 1 is 1.21 bits per heavy atom. The second-order valence-corrected chi connectivity index (χ2v) is 7.97. The Labute approximate surface area is 160 Å². The van der Waals surface area contributed by atoms with E-state index in [1.165, 1.54) is 0 Å². The van der Waals surface area contributed by atoms with Gasteiger partial charge in [0.1, 0.15) is 23.9 Å². The molecule has 0 aromatic carbocycles. The van der Waals surface area contributed by atoms with Crippen LogP contribution in [0, 0.1) is 5.92 Å². The highest BCUT2D eigenvalue weighted by Crippen LogP contribution is 2.32. The molecule has 4 atom stereocenters. The Kier molecular flexibility index (Phi) is 5.95. The third-order valence-corrected chi connectivity index (χ3v) is 4.59. The predicted molar refractivity (Wildman–Crippen MR) is 91.4 cm³/mol. The fraction of sp³-hybridized carbons (Fsp3) is 0.706. The zero-order chi connectivity index (χ0) is 21.4. The van der Waals surface area contributed by atoms with Gasteiger partial charge in [0.15, 0.2) is 0 Å². The average Bonchev–Trinajstić information content (AvgIpc) is 3.06. The number of carboxylic acid groups (broad SMARTS) is 1. The summed E-state index contributed by atoms with van der Waals surface area (Å²) in [5.74, 6) is -4.49. The largest absolute Gasteiger partial charge is 0.465 e. The summed E-state index contributed by atoms with van der Waals surface area (Å²) in [4.78, 5) is 61.5. The highest BCUT2D eigenvalue weighted by atomic mass is 19.1. The SMILES string of the molecule is CC(C)(C)OC(=O)C[C@@H]1C[C@@H](C(=O)N2C[C@@H](F)C[C@H]2C(N)=O)N(C(=O)O)C1=O. The summed E-state index contributed by atoms with van der Waals surface area (Å²) in [6.45, 7) is 4.51. The second-order valence-electron chi connectivity index (χ2n) is 7.97. The number of nitrogens with zero attached hydrogens (tertiary/aromatic N) is 2. The number of nitrogens with two attached hydrogens (primary N) is 1. The number of likely N-dealkylation sites (tertiary alicyclic amines) is 2. The minimum Gasteiger partial charge on any atom is -0.465 e. The predicted octanol–water partition coefficient (Wildman–Crippen LogP) is 0.0376. The van der Waals surface area contributed by atoms with Crippen molar-refractivity contribution in [3.63, 3.8) is 0 Å². The first-order valence-electron chi connectivity index (χ1n) is 8.83. The van der Waals surface area contributed by atoms with E-state index in [1.54, 1.807) is 20.8 Å². The number of ether oxygens (including phenoxy) is 1. The van der Waals surface area contributed by atoms with Crippen LogP contribution in [0.25, 0.3) is 0 Å². The Morgan fingerprint density at radius 2 is 1.82 bits per heavy atom. The molecule has 10 nitrogen and oxygen atoms in total. The second kappa shape index (κ2) is 7.72. The van der Waals surface area contributed by atoms with Crippen LogP contribution in [-0.2, 0) is 23.9 Å². The molecule has 0 radical (unpaired) electrons. The van der Waals surface area contributed by atoms with Gasteiger partial charge in [-0.2, -0.15) is 0 Å². The van der Waals surface area contributed by atoms with Crippen LogP contribution in [0.1, 0.15) is 40.0 Å². The van der Waals surface area contributed by atoms with E-state index in [0.717, 1.165) is 4.90 Å². The van der Waals surface area contributed by atoms with Gasteiger partial charge in [0, 0.05) is 6.42 Å². The van der Waals surface area contributed by atoms with Gasteiger partial charge in [0.25, 0.3) is 0 Å². The van der Waals surface area contributed by atoms with Crippen molar-refractivity contribution in [3.05, 3.63) is 0 Å². The molecule has 28 heavy (non-hydrogen) atoms. The fourth-order valence-electron chi connectivity index (χ4n) is 3.51. The van der Waals surface area contributed by atoms with Gasteiger partial charge >= 0.3 is 12.1 Å². The minimum absolute atomic E-state index is 0.262. The van der Waals surface area contributed by atoms with Crippen LogP contribution in [0.4, 0.5) is 9.18 Å². The lowest BCUT2D eigenvalue weighted by Gasteiger charge is -2.27. The third kappa shape index (κ3) is 4.57. The molecule has 0 saturated carbocycles. The van der Waals surface area contributed by atoms with Gasteiger partial charge in [-0.25, -0.2) is 14.1 Å². The van der Waals surface area contributed by atoms with Crippen molar-refractivity contribution < 1.29 is 38.2 Å². The number of alkyl halides is 1. The number of halogens is 1. The van der Waals surface area contributed by atoms with Crippen molar-refractivity contribution in [3.8, 4) is 0 Å². The quantitative estimate of drug-likeness (QED) is 0.632. The summed E-state index contributed by atoms with van der Waals surface area (Å²) in [6, 6.07) is -2.66. The van der Waals surface area contributed by atoms with Crippen molar-refractivity contribution in [2.45, 2.75) is 63.9 Å². The lowest BCUT2D eigenvalue weighted by Crippen LogP contribution is -2.52. The van der Waals surface area contributed by atoms with E-state index in [0.29, 0.717) is 4.90 Å². The number of primary amides is 1. The van der Waals surface area contributed by atoms with Crippen molar-refractivity contribution in [2.75, 3.05) is 6.54 Å². The summed E-state index contributed by atoms with van der Waals surface area (Å²) in [5.41, 5.74) is 4.41. The van der Waals surface area contributed by atoms with Crippen LogP contribution >= 0.6 is 0 Å². The number of amides is 4. The van der Waals surface area contributed by atoms with E-state index in [-0.39, 0.29) is 12.8 Å². The molecule has 0 unspecified atom stereocenters. The van der Waals surface area contributed by atoms with E-state index >= 15 is 0 Å². The monoisotopic (exact) mass is 401 g/mol. The Bertz CT molecular complexity index is 705. The molecule has 3 N–H and O–H groups in total. The summed E-state index contributed by atoms with van der Waals surface area (Å²) >= 11 is 0. The van der Waals surface area contributed by atoms with Crippen molar-refractivity contribution >= 4 is 29.8 Å². The number of esters is 1. The van der Waals surface area contributed by atoms with E-state index in [9.17, 15) is 33.5 Å². The zero-order valence-corrected chi connectivity index (χ0v) is 15.9. The summed E-state index contributed by atoms with van der Waals surface area (Å²) in [6.07, 6.45) is -4.08. The van der Waals surface area contributed by atoms with Gasteiger partial charge in [0.05, 0.1) is 18.9 Å². The molecule has 0 spiro atoms. The number of hydrogen-bond donors (Lipinski definition) is 2. The van der Waals surface area contributed by atoms with Crippen LogP contribution in [0.15, 0.2) is 0 Å². The molecule has 2 heterocycles. The van der Waals surface area contributed by atoms with Crippen LogP contribution in [0.2, 0.25) is 0 Å². The van der Waals surface area contributed by atoms with Crippen LogP contribution in [0.3, 0.4) is 0 Å². The average molecular weight is 401 g/mol. The first-order chi connectivity index (χ1) is 12.8. The van der Waals surface area contributed by atoms with E-state index in [2.05, 4.69) is 0 Å². The van der Waals surface area contributed by atoms with Gasteiger partial charge < -0.3 is 20.5 Å². The van der Waals surface area contributed by atoms with Crippen molar-refractivity contribution in [1.82, 2.24) is 9.80 Å². The van der Waals surface area contributed by atoms with Gasteiger partial charge in [0.2, 0.25) is 17.7 Å². The molecule has 0 bridgehead atoms. The van der Waals surface area contributed by atoms with Gasteiger partial charge in [-0.15, -0.1) is 0 Å². The summed E-state index contributed by atoms with van der Waals surface area (Å²) in [7, 11) is 0. The Hall–Kier alpha value is -2.72. The van der Waals surface area contributed by atoms with Gasteiger partial charge in [-0.3, -0.25) is 19.2 Å². The number of hydrogen-bond acceptors (Lipinski definition) is 6. The first-order valence-corrected chi connectivity index (χ1v) is 8.83. The normalized spacial score (nSPS) is 27.8. The lowest BCUT2D eigenvalue weighted by molar-refractivity contribution is -0.157. The van der Waals surface area contributed by atoms with Crippen LogP contribution in [-0.4, -0.2) is 75.1 Å². The molecule has 0 aromatic rings. The minimum atomic E-state index is -1.67. The highest BCUT2D eigenvalue weighted by Gasteiger charge is 2.51. The molecule has 0 aliphatic carbocycles. The molecule has 2 fully saturated rings. The van der Waals surface area contributed by atoms with Crippen LogP contribution in [0.5, 0.6) is 0 Å². The Balaban J connectivity index is 2.20. The fourth-order valence-corrected chi connectivity index (χ4v) is 3.51. The van der Waals surface area contributed by atoms with Crippen molar-refractivity contribution in [1.29, 1.82) is 0 Å². The number of carbonyl (C=O) groups is 5. The summed E-state index contributed by atoms with van der Waals surface area (Å²) in [5, 5.41) is 9.36. The van der Waals surface area contributed by atoms with Crippen molar-refractivity contribution in [2.24, 2.45) is 11.7 Å². The van der Waals surface area contributed by atoms with Gasteiger partial charge in [-0.05, 0) is 27.2 Å². The number of imide groups is 1. The molecule has 2 rings (SSSR count). The standard InChI is InChI=1S/C17H24FN3O7/c1-17(2,3)28-12(22)5-8-4-11(21(14(8)24)16(26)27)15(25)20-7-9(18)6-10(20)13(19)23/h8-11H,4-7H2,1-3H3,(H2,19,23)(H,26,27)/t8-,9-,10-,11-/m0/s1. The van der Waals surface area contributed by atoms with E-state index < -0.39 is 72.5 Å². The maximum Gasteiger partial charge on any atom is 0.414 e. The van der Waals surface area contributed by atoms with E-state index in [4.69, 9.17) is 10.5 Å².